The predicted molar refractivity (Wildman–Crippen MR) is 143 cm³/mol. The van der Waals surface area contributed by atoms with E-state index in [0.717, 1.165) is 28.1 Å². The lowest BCUT2D eigenvalue weighted by Gasteiger charge is -2.25. The summed E-state index contributed by atoms with van der Waals surface area (Å²) >= 11 is 0. The standard InChI is InChI=1S/C20H23FN11O11PS/c21-8-12-7(41-18(8)31-4-26-9-14(22)24-3-25-15(9)31)2-39-44(35,36)42-13-11(33)6(1-28-45(37,38)43-12)40-19(13)32-5-27-10-16(32)29-20(23)30-17(10)34/h3-8,11-13,18-19,28,33H,1-2H2,(H,35,36)(H2,22,24,25)(H3,23,29,30,34)/t6-,7-,8-,11-,12-,13-,18-,19-/m1/s1. The highest BCUT2D eigenvalue weighted by molar-refractivity contribution is 7.84. The fourth-order valence-corrected chi connectivity index (χ4v) is 7.19. The summed E-state index contributed by atoms with van der Waals surface area (Å²) in [5.74, 6) is -0.299. The SMILES string of the molecule is Nc1nc2c(ncn2[C@@H]2O[C@@H]3CNS(=O)(=O)O[C@H]4[C@@H](F)[C@H](n5cnc6c(N)ncnc65)O[C@@H]4COP(=O)(O)O[C@@H]2[C@@H]3O)c(=O)[nH]1. The van der Waals surface area contributed by atoms with Crippen LogP contribution in [-0.2, 0) is 37.6 Å². The van der Waals surface area contributed by atoms with Gasteiger partial charge in [0, 0.05) is 6.54 Å². The summed E-state index contributed by atoms with van der Waals surface area (Å²) in [5.41, 5.74) is 10.6. The number of nitrogen functional groups attached to an aromatic ring is 2. The molecule has 0 aromatic carbocycles. The predicted octanol–water partition coefficient (Wildman–Crippen LogP) is -2.65. The molecule has 9 atom stereocenters. The molecule has 0 aliphatic carbocycles. The molecule has 2 bridgehead atoms. The van der Waals surface area contributed by atoms with Gasteiger partial charge in [-0.2, -0.15) is 18.1 Å². The number of nitrogens with two attached hydrogens (primary N) is 2. The molecule has 0 amide bonds. The van der Waals surface area contributed by atoms with E-state index in [-0.39, 0.29) is 34.1 Å². The van der Waals surface area contributed by atoms with Gasteiger partial charge >= 0.3 is 18.1 Å². The van der Waals surface area contributed by atoms with Crippen molar-refractivity contribution in [2.24, 2.45) is 0 Å². The number of aromatic nitrogens is 8. The topological polar surface area (TPSA) is 309 Å². The number of ether oxygens (including phenoxy) is 2. The minimum absolute atomic E-state index is 0.00785. The lowest BCUT2D eigenvalue weighted by atomic mass is 10.1. The van der Waals surface area contributed by atoms with Crippen LogP contribution >= 0.6 is 7.82 Å². The van der Waals surface area contributed by atoms with E-state index in [4.69, 9.17) is 34.2 Å². The molecule has 3 aliphatic heterocycles. The maximum Gasteiger partial charge on any atom is 0.472 e. The van der Waals surface area contributed by atoms with Gasteiger partial charge in [-0.25, -0.2) is 33.1 Å². The van der Waals surface area contributed by atoms with E-state index in [1.165, 1.54) is 0 Å². The summed E-state index contributed by atoms with van der Waals surface area (Å²) in [4.78, 5) is 45.0. The Morgan fingerprint density at radius 3 is 2.51 bits per heavy atom. The fourth-order valence-electron chi connectivity index (χ4n) is 5.29. The second-order valence-electron chi connectivity index (χ2n) is 10.1. The first kappa shape index (κ1) is 30.0. The van der Waals surface area contributed by atoms with E-state index < -0.39 is 86.0 Å². The Morgan fingerprint density at radius 1 is 1.02 bits per heavy atom. The Balaban J connectivity index is 1.21. The van der Waals surface area contributed by atoms with Gasteiger partial charge in [0.05, 0.1) is 19.3 Å². The van der Waals surface area contributed by atoms with Gasteiger partial charge in [-0.15, -0.1) is 0 Å². The molecule has 7 rings (SSSR count). The summed E-state index contributed by atoms with van der Waals surface area (Å²) in [7, 11) is -9.95. The summed E-state index contributed by atoms with van der Waals surface area (Å²) in [5, 5.41) is 11.0. The van der Waals surface area contributed by atoms with Crippen LogP contribution in [0, 0.1) is 0 Å². The number of H-pyrrole nitrogens is 1. The first-order valence-electron chi connectivity index (χ1n) is 12.9. The molecule has 45 heavy (non-hydrogen) atoms. The maximum atomic E-state index is 15.9. The third-order valence-corrected chi connectivity index (χ3v) is 9.30. The second-order valence-corrected chi connectivity index (χ2v) is 12.9. The molecular formula is C20H23FN11O11PS. The third-order valence-electron chi connectivity index (χ3n) is 7.32. The number of rotatable bonds is 2. The number of alkyl halides is 1. The number of phosphoric acid groups is 1. The average Bonchev–Trinajstić information content (AvgIpc) is 3.72. The number of aliphatic hydroxyl groups excluding tert-OH is 1. The molecule has 3 aliphatic rings. The second kappa shape index (κ2) is 10.7. The van der Waals surface area contributed by atoms with E-state index in [9.17, 15) is 27.8 Å². The van der Waals surface area contributed by atoms with E-state index in [2.05, 4.69) is 34.6 Å². The van der Waals surface area contributed by atoms with Crippen molar-refractivity contribution in [3.8, 4) is 0 Å². The highest BCUT2D eigenvalue weighted by Gasteiger charge is 2.53. The molecule has 4 aromatic rings. The number of aliphatic hydroxyl groups is 1. The Hall–Kier alpha value is -3.71. The molecule has 1 unspecified atom stereocenters. The van der Waals surface area contributed by atoms with Crippen molar-refractivity contribution >= 4 is 52.2 Å². The van der Waals surface area contributed by atoms with Crippen LogP contribution in [0.2, 0.25) is 0 Å². The first-order chi connectivity index (χ1) is 21.3. The summed E-state index contributed by atoms with van der Waals surface area (Å²) in [6.45, 7) is -1.60. The van der Waals surface area contributed by atoms with Crippen LogP contribution in [0.4, 0.5) is 16.2 Å². The number of hydrogen-bond donors (Lipinski definition) is 6. The molecule has 4 aromatic heterocycles. The number of hydrogen-bond acceptors (Lipinski definition) is 17. The molecule has 3 saturated heterocycles. The Labute approximate surface area is 249 Å². The molecule has 7 heterocycles. The van der Waals surface area contributed by atoms with Crippen molar-refractivity contribution in [1.29, 1.82) is 0 Å². The summed E-state index contributed by atoms with van der Waals surface area (Å²) < 4.78 is 86.2. The number of aromatic amines is 1. The molecule has 22 nitrogen and oxygen atoms in total. The minimum Gasteiger partial charge on any atom is -0.387 e. The van der Waals surface area contributed by atoms with Crippen LogP contribution in [0.3, 0.4) is 0 Å². The number of fused-ring (bicyclic) bond motifs is 5. The highest BCUT2D eigenvalue weighted by atomic mass is 32.2. The van der Waals surface area contributed by atoms with Crippen LogP contribution < -0.4 is 21.7 Å². The van der Waals surface area contributed by atoms with Crippen molar-refractivity contribution in [2.75, 3.05) is 24.6 Å². The van der Waals surface area contributed by atoms with Gasteiger partial charge in [0.25, 0.3) is 5.56 Å². The third kappa shape index (κ3) is 5.23. The van der Waals surface area contributed by atoms with Crippen LogP contribution in [0.5, 0.6) is 0 Å². The van der Waals surface area contributed by atoms with E-state index in [0.29, 0.717) is 0 Å². The summed E-state index contributed by atoms with van der Waals surface area (Å²) in [6, 6.07) is 0. The van der Waals surface area contributed by atoms with Crippen molar-refractivity contribution in [3.63, 3.8) is 0 Å². The molecule has 242 valence electrons. The Morgan fingerprint density at radius 2 is 1.73 bits per heavy atom. The van der Waals surface area contributed by atoms with E-state index >= 15 is 4.39 Å². The number of phosphoric ester groups is 1. The van der Waals surface area contributed by atoms with Crippen LogP contribution in [-0.4, -0.2) is 107 Å². The Bertz CT molecular complexity index is 2010. The van der Waals surface area contributed by atoms with Crippen LogP contribution in [0.1, 0.15) is 12.5 Å². The first-order valence-corrected chi connectivity index (χ1v) is 15.8. The summed E-state index contributed by atoms with van der Waals surface area (Å²) in [6.07, 6.45) is -10.4. The zero-order valence-corrected chi connectivity index (χ0v) is 24.1. The molecule has 0 spiro atoms. The molecule has 0 saturated carbocycles. The van der Waals surface area contributed by atoms with Gasteiger partial charge in [0.1, 0.15) is 42.4 Å². The number of halogens is 1. The smallest absolute Gasteiger partial charge is 0.387 e. The number of imidazole rings is 2. The monoisotopic (exact) mass is 675 g/mol. The quantitative estimate of drug-likeness (QED) is 0.118. The highest BCUT2D eigenvalue weighted by Crippen LogP contribution is 2.50. The number of nitrogens with zero attached hydrogens (tertiary/aromatic N) is 7. The maximum absolute atomic E-state index is 15.9. The molecule has 25 heteroatoms. The van der Waals surface area contributed by atoms with Gasteiger partial charge in [-0.05, 0) is 0 Å². The number of nitrogens with one attached hydrogen (secondary N) is 2. The van der Waals surface area contributed by atoms with Crippen molar-refractivity contribution in [1.82, 2.24) is 43.8 Å². The van der Waals surface area contributed by atoms with Crippen LogP contribution in [0.25, 0.3) is 22.3 Å². The Kier molecular flexibility index (Phi) is 7.12. The van der Waals surface area contributed by atoms with Gasteiger partial charge in [0.15, 0.2) is 41.3 Å². The van der Waals surface area contributed by atoms with Crippen molar-refractivity contribution < 1.29 is 50.1 Å². The lowest BCUT2D eigenvalue weighted by Crippen LogP contribution is -2.43. The van der Waals surface area contributed by atoms with E-state index in [1.807, 2.05) is 0 Å². The normalized spacial score (nSPS) is 35.5. The lowest BCUT2D eigenvalue weighted by molar-refractivity contribution is -0.0560. The zero-order chi connectivity index (χ0) is 31.8. The van der Waals surface area contributed by atoms with Gasteiger partial charge < -0.3 is 30.9 Å². The average molecular weight is 676 g/mol. The molecule has 0 radical (unpaired) electrons. The molecule has 8 N–H and O–H groups in total. The van der Waals surface area contributed by atoms with Gasteiger partial charge in [-0.1, -0.05) is 0 Å². The van der Waals surface area contributed by atoms with Crippen LogP contribution in [0.15, 0.2) is 23.8 Å². The van der Waals surface area contributed by atoms with Crippen molar-refractivity contribution in [2.45, 2.75) is 49.1 Å². The van der Waals surface area contributed by atoms with E-state index in [1.54, 1.807) is 0 Å². The zero-order valence-electron chi connectivity index (χ0n) is 22.4. The van der Waals surface area contributed by atoms with Crippen molar-refractivity contribution in [3.05, 3.63) is 29.3 Å². The van der Waals surface area contributed by atoms with Gasteiger partial charge in [0.2, 0.25) is 5.95 Å². The number of anilines is 2. The molecule has 3 fully saturated rings. The van der Waals surface area contributed by atoms with Gasteiger partial charge in [-0.3, -0.25) is 28.0 Å². The molecular weight excluding hydrogens is 652 g/mol. The fraction of sp³-hybridized carbons (Fsp3) is 0.500. The largest absolute Gasteiger partial charge is 0.472 e. The minimum atomic E-state index is -5.15.